The van der Waals surface area contributed by atoms with Crippen molar-refractivity contribution in [3.8, 4) is 28.1 Å². The summed E-state index contributed by atoms with van der Waals surface area (Å²) < 4.78 is 6.12. The Kier molecular flexibility index (Phi) is 5.70. The van der Waals surface area contributed by atoms with Crippen LogP contribution >= 0.6 is 22.7 Å². The highest BCUT2D eigenvalue weighted by molar-refractivity contribution is 7.26. The van der Waals surface area contributed by atoms with E-state index in [1.165, 1.54) is 79.7 Å². The third kappa shape index (κ3) is 4.00. The number of thiophene rings is 2. The molecule has 0 atom stereocenters. The Morgan fingerprint density at radius 3 is 2.14 bits per heavy atom. The molecule has 0 bridgehead atoms. The van der Waals surface area contributed by atoms with Crippen molar-refractivity contribution in [2.45, 2.75) is 0 Å². The van der Waals surface area contributed by atoms with E-state index >= 15 is 0 Å². The normalized spacial score (nSPS) is 12.1. The fraction of sp³-hybridized carbons (Fsp3) is 0. The van der Waals surface area contributed by atoms with Crippen LogP contribution in [0.15, 0.2) is 152 Å². The molecule has 0 amide bonds. The minimum Gasteiger partial charge on any atom is -0.309 e. The highest BCUT2D eigenvalue weighted by Crippen LogP contribution is 2.43. The molecule has 11 rings (SSSR count). The van der Waals surface area contributed by atoms with Crippen LogP contribution in [-0.2, 0) is 0 Å². The van der Waals surface area contributed by atoms with Gasteiger partial charge in [0.25, 0.3) is 0 Å². The summed E-state index contributed by atoms with van der Waals surface area (Å²) in [5, 5.41) is 8.67. The van der Waals surface area contributed by atoms with Gasteiger partial charge < -0.3 is 4.57 Å². The quantitative estimate of drug-likeness (QED) is 0.189. The van der Waals surface area contributed by atoms with Crippen molar-refractivity contribution in [2.75, 3.05) is 0 Å². The number of rotatable bonds is 3. The molecule has 49 heavy (non-hydrogen) atoms. The first-order chi connectivity index (χ1) is 24.3. The van der Waals surface area contributed by atoms with Crippen molar-refractivity contribution in [2.24, 2.45) is 0 Å². The van der Waals surface area contributed by atoms with E-state index in [-0.39, 0.29) is 0 Å². The Labute approximate surface area is 289 Å². The summed E-state index contributed by atoms with van der Waals surface area (Å²) in [5.74, 6) is 0. The fourth-order valence-electron chi connectivity index (χ4n) is 7.66. The van der Waals surface area contributed by atoms with E-state index in [0.717, 1.165) is 21.6 Å². The van der Waals surface area contributed by atoms with Gasteiger partial charge >= 0.3 is 0 Å². The van der Waals surface area contributed by atoms with Gasteiger partial charge in [0.05, 0.1) is 22.9 Å². The van der Waals surface area contributed by atoms with Crippen molar-refractivity contribution in [3.63, 3.8) is 0 Å². The Morgan fingerprint density at radius 1 is 0.490 bits per heavy atom. The molecule has 4 aromatic heterocycles. The van der Waals surface area contributed by atoms with Gasteiger partial charge in [-0.25, -0.2) is 4.98 Å². The van der Waals surface area contributed by atoms with Crippen LogP contribution in [0.4, 0.5) is 0 Å². The van der Waals surface area contributed by atoms with Crippen molar-refractivity contribution in [1.29, 1.82) is 0 Å². The molecule has 0 saturated heterocycles. The molecule has 0 aliphatic rings. The van der Waals surface area contributed by atoms with Gasteiger partial charge in [-0.05, 0) is 76.5 Å². The van der Waals surface area contributed by atoms with E-state index < -0.39 is 0 Å². The van der Waals surface area contributed by atoms with E-state index in [2.05, 4.69) is 150 Å². The molecule has 7 aromatic carbocycles. The minimum atomic E-state index is 0.911. The van der Waals surface area contributed by atoms with Crippen LogP contribution in [0.3, 0.4) is 0 Å². The number of fused-ring (bicyclic) bond motifs is 11. The molecule has 4 heterocycles. The SMILES string of the molecule is c1ccc(-n2c3ccccc3c3cc(-c4ccc5sc6cccc(-c7cnc8c(n7)sc7ccc9ccccc9c78)c6c5c4)ccc32)cc1. The lowest BCUT2D eigenvalue weighted by molar-refractivity contribution is 1.18. The average molecular weight is 660 g/mol. The molecule has 0 aliphatic carbocycles. The van der Waals surface area contributed by atoms with Gasteiger partial charge in [0, 0.05) is 52.3 Å². The molecule has 0 saturated carbocycles. The van der Waals surface area contributed by atoms with Gasteiger partial charge in [0.1, 0.15) is 10.3 Å². The molecule has 228 valence electrons. The van der Waals surface area contributed by atoms with Crippen LogP contribution in [-0.4, -0.2) is 14.5 Å². The first-order valence-corrected chi connectivity index (χ1v) is 18.0. The first kappa shape index (κ1) is 27.1. The van der Waals surface area contributed by atoms with Gasteiger partial charge in [-0.1, -0.05) is 91.0 Å². The van der Waals surface area contributed by atoms with Gasteiger partial charge in [0.2, 0.25) is 0 Å². The summed E-state index contributed by atoms with van der Waals surface area (Å²) in [6, 6.07) is 52.7. The summed E-state index contributed by atoms with van der Waals surface area (Å²) in [4.78, 5) is 11.3. The predicted molar refractivity (Wildman–Crippen MR) is 211 cm³/mol. The lowest BCUT2D eigenvalue weighted by atomic mass is 9.98. The molecule has 0 N–H and O–H groups in total. The van der Waals surface area contributed by atoms with Gasteiger partial charge in [-0.3, -0.25) is 4.98 Å². The molecule has 0 unspecified atom stereocenters. The predicted octanol–water partition coefficient (Wildman–Crippen LogP) is 12.8. The Morgan fingerprint density at radius 2 is 1.22 bits per heavy atom. The Hall–Kier alpha value is -5.88. The number of para-hydroxylation sites is 2. The maximum absolute atomic E-state index is 5.26. The summed E-state index contributed by atoms with van der Waals surface area (Å²) >= 11 is 3.56. The average Bonchev–Trinajstić information content (AvgIpc) is 3.84. The zero-order chi connectivity index (χ0) is 32.1. The number of nitrogens with zero attached hydrogens (tertiary/aromatic N) is 3. The molecule has 11 aromatic rings. The van der Waals surface area contributed by atoms with Crippen molar-refractivity contribution < 1.29 is 0 Å². The van der Waals surface area contributed by atoms with Gasteiger partial charge in [-0.15, -0.1) is 22.7 Å². The van der Waals surface area contributed by atoms with Crippen LogP contribution in [0.2, 0.25) is 0 Å². The highest BCUT2D eigenvalue weighted by atomic mass is 32.1. The van der Waals surface area contributed by atoms with E-state index in [9.17, 15) is 0 Å². The number of aromatic nitrogens is 3. The monoisotopic (exact) mass is 659 g/mol. The third-order valence-electron chi connectivity index (χ3n) is 9.87. The minimum absolute atomic E-state index is 0.911. The fourth-order valence-corrected chi connectivity index (χ4v) is 9.82. The molecular formula is C44H25N3S2. The molecule has 5 heteroatoms. The summed E-state index contributed by atoms with van der Waals surface area (Å²) in [6.07, 6.45) is 1.97. The van der Waals surface area contributed by atoms with Crippen LogP contribution < -0.4 is 0 Å². The number of hydrogen-bond donors (Lipinski definition) is 0. The lowest BCUT2D eigenvalue weighted by Crippen LogP contribution is -1.92. The van der Waals surface area contributed by atoms with Crippen LogP contribution in [0, 0.1) is 0 Å². The van der Waals surface area contributed by atoms with Crippen LogP contribution in [0.25, 0.3) is 101 Å². The maximum Gasteiger partial charge on any atom is 0.143 e. The topological polar surface area (TPSA) is 30.7 Å². The Balaban J connectivity index is 1.09. The van der Waals surface area contributed by atoms with Crippen LogP contribution in [0.1, 0.15) is 0 Å². The van der Waals surface area contributed by atoms with E-state index in [4.69, 9.17) is 9.97 Å². The number of hydrogen-bond acceptors (Lipinski definition) is 4. The summed E-state index contributed by atoms with van der Waals surface area (Å²) in [6.45, 7) is 0. The largest absolute Gasteiger partial charge is 0.309 e. The van der Waals surface area contributed by atoms with E-state index in [0.29, 0.717) is 0 Å². The summed E-state index contributed by atoms with van der Waals surface area (Å²) in [5.41, 5.74) is 9.03. The highest BCUT2D eigenvalue weighted by Gasteiger charge is 2.17. The van der Waals surface area contributed by atoms with Crippen molar-refractivity contribution in [3.05, 3.63) is 152 Å². The number of benzene rings is 7. The first-order valence-electron chi connectivity index (χ1n) is 16.4. The molecule has 3 nitrogen and oxygen atoms in total. The molecule has 0 fully saturated rings. The second-order valence-corrected chi connectivity index (χ2v) is 14.7. The van der Waals surface area contributed by atoms with Gasteiger partial charge in [-0.2, -0.15) is 0 Å². The lowest BCUT2D eigenvalue weighted by Gasteiger charge is -2.08. The molecule has 0 aliphatic heterocycles. The third-order valence-corrected chi connectivity index (χ3v) is 12.0. The standard InChI is InChI=1S/C44H25N3S2/c1-2-10-29(11-3-1)47-36-15-7-6-13-31(36)33-23-27(17-20-37(33)47)28-19-21-38-34(24-28)41-32(14-8-16-39(41)48-38)35-25-45-43-42-30-12-5-4-9-26(30)18-22-40(42)49-44(43)46-35/h1-25H. The van der Waals surface area contributed by atoms with Crippen LogP contribution in [0.5, 0.6) is 0 Å². The molecular weight excluding hydrogens is 635 g/mol. The van der Waals surface area contributed by atoms with E-state index in [1.54, 1.807) is 11.3 Å². The molecule has 0 radical (unpaired) electrons. The van der Waals surface area contributed by atoms with Crippen molar-refractivity contribution in [1.82, 2.24) is 14.5 Å². The smallest absolute Gasteiger partial charge is 0.143 e. The van der Waals surface area contributed by atoms with Crippen molar-refractivity contribution >= 4 is 95.9 Å². The zero-order valence-corrected chi connectivity index (χ0v) is 27.7. The second-order valence-electron chi connectivity index (χ2n) is 12.6. The van der Waals surface area contributed by atoms with E-state index in [1.807, 2.05) is 17.5 Å². The maximum atomic E-state index is 5.26. The second kappa shape index (κ2) is 10.3. The Bertz CT molecular complexity index is 3110. The zero-order valence-electron chi connectivity index (χ0n) is 26.1. The van der Waals surface area contributed by atoms with Gasteiger partial charge in [0.15, 0.2) is 0 Å². The summed E-state index contributed by atoms with van der Waals surface area (Å²) in [7, 11) is 0. The molecule has 0 spiro atoms.